The van der Waals surface area contributed by atoms with Gasteiger partial charge in [0.15, 0.2) is 5.78 Å². The second-order valence-corrected chi connectivity index (χ2v) is 6.36. The molecule has 3 rings (SSSR count). The zero-order chi connectivity index (χ0) is 15.0. The highest BCUT2D eigenvalue weighted by atomic mass is 16.5. The van der Waals surface area contributed by atoms with Crippen LogP contribution in [0.4, 0.5) is 0 Å². The smallest absolute Gasteiger partial charge is 0.165 e. The van der Waals surface area contributed by atoms with Crippen LogP contribution in [-0.2, 0) is 6.42 Å². The Hall–Kier alpha value is -2.16. The van der Waals surface area contributed by atoms with E-state index < -0.39 is 0 Å². The number of fused-ring (bicyclic) bond motifs is 1. The van der Waals surface area contributed by atoms with Crippen molar-refractivity contribution in [2.45, 2.75) is 26.7 Å². The van der Waals surface area contributed by atoms with Crippen LogP contribution >= 0.6 is 0 Å². The van der Waals surface area contributed by atoms with E-state index in [0.29, 0.717) is 6.42 Å². The molecule has 0 atom stereocenters. The Morgan fingerprint density at radius 1 is 1.14 bits per heavy atom. The van der Waals surface area contributed by atoms with Crippen molar-refractivity contribution in [3.8, 4) is 17.0 Å². The summed E-state index contributed by atoms with van der Waals surface area (Å²) in [7, 11) is 1.65. The lowest BCUT2D eigenvalue weighted by atomic mass is 9.75. The Balaban J connectivity index is 2.05. The highest BCUT2D eigenvalue weighted by molar-refractivity contribution is 5.98. The van der Waals surface area contributed by atoms with E-state index in [1.54, 1.807) is 7.11 Å². The molecule has 0 unspecified atom stereocenters. The van der Waals surface area contributed by atoms with E-state index >= 15 is 0 Å². The van der Waals surface area contributed by atoms with Crippen LogP contribution in [0.5, 0.6) is 5.75 Å². The van der Waals surface area contributed by atoms with Crippen LogP contribution in [0.25, 0.3) is 11.3 Å². The number of rotatable bonds is 2. The second kappa shape index (κ2) is 4.99. The van der Waals surface area contributed by atoms with Gasteiger partial charge in [0.2, 0.25) is 0 Å². The zero-order valence-electron chi connectivity index (χ0n) is 12.6. The number of Topliss-reactive ketones (excluding diaryl/α,β-unsaturated/α-hetero) is 1. The standard InChI is InChI=1S/C18H19NO2/c1-18(2)10-16-14(17(20)11-18)7-8-15(19-16)12-5-4-6-13(9-12)21-3/h4-9H,10-11H2,1-3H3. The van der Waals surface area contributed by atoms with Crippen LogP contribution < -0.4 is 4.74 Å². The number of ketones is 1. The van der Waals surface area contributed by atoms with Crippen molar-refractivity contribution in [1.82, 2.24) is 4.98 Å². The first-order valence-electron chi connectivity index (χ1n) is 7.16. The molecule has 0 saturated carbocycles. The molecule has 108 valence electrons. The fourth-order valence-corrected chi connectivity index (χ4v) is 2.88. The van der Waals surface area contributed by atoms with Gasteiger partial charge in [0, 0.05) is 17.5 Å². The summed E-state index contributed by atoms with van der Waals surface area (Å²) in [6.45, 7) is 4.24. The molecule has 0 bridgehead atoms. The lowest BCUT2D eigenvalue weighted by Crippen LogP contribution is -2.27. The van der Waals surface area contributed by atoms with Crippen molar-refractivity contribution in [3.63, 3.8) is 0 Å². The summed E-state index contributed by atoms with van der Waals surface area (Å²) in [6, 6.07) is 11.7. The molecular formula is C18H19NO2. The summed E-state index contributed by atoms with van der Waals surface area (Å²) < 4.78 is 5.26. The van der Waals surface area contributed by atoms with Gasteiger partial charge in [-0.25, -0.2) is 0 Å². The van der Waals surface area contributed by atoms with Crippen LogP contribution in [0.15, 0.2) is 36.4 Å². The third-order valence-corrected chi connectivity index (χ3v) is 3.93. The maximum Gasteiger partial charge on any atom is 0.165 e. The minimum Gasteiger partial charge on any atom is -0.497 e. The van der Waals surface area contributed by atoms with Gasteiger partial charge in [0.05, 0.1) is 18.5 Å². The first kappa shape index (κ1) is 13.8. The average molecular weight is 281 g/mol. The number of nitrogens with zero attached hydrogens (tertiary/aromatic N) is 1. The molecule has 3 nitrogen and oxygen atoms in total. The van der Waals surface area contributed by atoms with Gasteiger partial charge < -0.3 is 4.74 Å². The van der Waals surface area contributed by atoms with Gasteiger partial charge in [-0.1, -0.05) is 26.0 Å². The number of carbonyl (C=O) groups excluding carboxylic acids is 1. The Kier molecular flexibility index (Phi) is 3.28. The molecule has 0 saturated heterocycles. The molecule has 0 N–H and O–H groups in total. The summed E-state index contributed by atoms with van der Waals surface area (Å²) in [6.07, 6.45) is 1.44. The van der Waals surface area contributed by atoms with Crippen molar-refractivity contribution in [2.24, 2.45) is 5.41 Å². The highest BCUT2D eigenvalue weighted by Gasteiger charge is 2.31. The second-order valence-electron chi connectivity index (χ2n) is 6.36. The molecule has 1 aliphatic carbocycles. The summed E-state index contributed by atoms with van der Waals surface area (Å²) in [4.78, 5) is 16.9. The van der Waals surface area contributed by atoms with E-state index in [2.05, 4.69) is 13.8 Å². The number of carbonyl (C=O) groups is 1. The third-order valence-electron chi connectivity index (χ3n) is 3.93. The van der Waals surface area contributed by atoms with Crippen LogP contribution in [-0.4, -0.2) is 17.9 Å². The SMILES string of the molecule is COc1cccc(-c2ccc3c(n2)CC(C)(C)CC3=O)c1. The van der Waals surface area contributed by atoms with Crippen molar-refractivity contribution < 1.29 is 9.53 Å². The molecule has 21 heavy (non-hydrogen) atoms. The number of aromatic nitrogens is 1. The lowest BCUT2D eigenvalue weighted by molar-refractivity contribution is 0.0910. The lowest BCUT2D eigenvalue weighted by Gasteiger charge is -2.29. The van der Waals surface area contributed by atoms with E-state index in [-0.39, 0.29) is 11.2 Å². The minimum absolute atomic E-state index is 0.00984. The topological polar surface area (TPSA) is 39.2 Å². The molecule has 1 aromatic heterocycles. The molecule has 1 aliphatic rings. The largest absolute Gasteiger partial charge is 0.497 e. The number of benzene rings is 1. The maximum atomic E-state index is 12.2. The Morgan fingerprint density at radius 3 is 2.71 bits per heavy atom. The predicted molar refractivity (Wildman–Crippen MR) is 82.7 cm³/mol. The fourth-order valence-electron chi connectivity index (χ4n) is 2.88. The van der Waals surface area contributed by atoms with Crippen molar-refractivity contribution in [1.29, 1.82) is 0 Å². The first-order chi connectivity index (χ1) is 9.98. The van der Waals surface area contributed by atoms with Crippen molar-refractivity contribution in [3.05, 3.63) is 47.7 Å². The maximum absolute atomic E-state index is 12.2. The van der Waals surface area contributed by atoms with E-state index in [0.717, 1.165) is 34.7 Å². The van der Waals surface area contributed by atoms with E-state index in [1.165, 1.54) is 0 Å². The first-order valence-corrected chi connectivity index (χ1v) is 7.16. The summed E-state index contributed by atoms with van der Waals surface area (Å²) in [5, 5.41) is 0. The summed E-state index contributed by atoms with van der Waals surface area (Å²) in [5.74, 6) is 1.01. The molecule has 1 aromatic carbocycles. The fraction of sp³-hybridized carbons (Fsp3) is 0.333. The molecule has 3 heteroatoms. The van der Waals surface area contributed by atoms with Crippen LogP contribution in [0.2, 0.25) is 0 Å². The van der Waals surface area contributed by atoms with Gasteiger partial charge in [-0.05, 0) is 36.1 Å². The molecule has 0 amide bonds. The molecule has 2 aromatic rings. The summed E-state index contributed by atoms with van der Waals surface area (Å²) >= 11 is 0. The molecule has 0 aliphatic heterocycles. The van der Waals surface area contributed by atoms with E-state index in [1.807, 2.05) is 36.4 Å². The molecule has 0 fully saturated rings. The Morgan fingerprint density at radius 2 is 1.95 bits per heavy atom. The normalized spacial score (nSPS) is 16.4. The highest BCUT2D eigenvalue weighted by Crippen LogP contribution is 2.35. The van der Waals surface area contributed by atoms with Crippen molar-refractivity contribution >= 4 is 5.78 Å². The molecule has 1 heterocycles. The van der Waals surface area contributed by atoms with Gasteiger partial charge in [-0.2, -0.15) is 0 Å². The Bertz CT molecular complexity index is 704. The van der Waals surface area contributed by atoms with Gasteiger partial charge in [-0.3, -0.25) is 9.78 Å². The minimum atomic E-state index is -0.00984. The number of hydrogen-bond donors (Lipinski definition) is 0. The summed E-state index contributed by atoms with van der Waals surface area (Å²) in [5.41, 5.74) is 3.58. The van der Waals surface area contributed by atoms with Crippen LogP contribution in [0.3, 0.4) is 0 Å². The number of hydrogen-bond acceptors (Lipinski definition) is 3. The average Bonchev–Trinajstić information content (AvgIpc) is 2.45. The van der Waals surface area contributed by atoms with Crippen LogP contribution in [0, 0.1) is 5.41 Å². The van der Waals surface area contributed by atoms with Gasteiger partial charge in [0.25, 0.3) is 0 Å². The molecular weight excluding hydrogens is 262 g/mol. The van der Waals surface area contributed by atoms with Crippen LogP contribution in [0.1, 0.15) is 36.3 Å². The quantitative estimate of drug-likeness (QED) is 0.837. The monoisotopic (exact) mass is 281 g/mol. The number of methoxy groups -OCH3 is 1. The number of ether oxygens (including phenoxy) is 1. The molecule has 0 spiro atoms. The van der Waals surface area contributed by atoms with Crippen molar-refractivity contribution in [2.75, 3.05) is 7.11 Å². The number of pyridine rings is 1. The zero-order valence-corrected chi connectivity index (χ0v) is 12.6. The Labute approximate surface area is 125 Å². The van der Waals surface area contributed by atoms with Gasteiger partial charge in [-0.15, -0.1) is 0 Å². The van der Waals surface area contributed by atoms with E-state index in [9.17, 15) is 4.79 Å². The van der Waals surface area contributed by atoms with Gasteiger partial charge >= 0.3 is 0 Å². The van der Waals surface area contributed by atoms with E-state index in [4.69, 9.17) is 9.72 Å². The molecule has 0 radical (unpaired) electrons. The predicted octanol–water partition coefficient (Wildman–Crippen LogP) is 3.91. The third kappa shape index (κ3) is 2.68. The van der Waals surface area contributed by atoms with Gasteiger partial charge in [0.1, 0.15) is 5.75 Å².